The maximum Gasteiger partial charge on any atom is 0.0769 e. The fraction of sp³-hybridized carbons (Fsp3) is 0.714. The highest BCUT2D eigenvalue weighted by molar-refractivity contribution is 7.05. The third-order valence-electron chi connectivity index (χ3n) is 1.59. The minimum absolute atomic E-state index is 0.743. The van der Waals surface area contributed by atoms with Crippen molar-refractivity contribution < 1.29 is 0 Å². The van der Waals surface area contributed by atoms with Crippen molar-refractivity contribution in [2.24, 2.45) is 5.73 Å². The second-order valence-electron chi connectivity index (χ2n) is 2.60. The molecule has 1 aromatic rings. The number of nitrogens with zero attached hydrogens (tertiary/aromatic N) is 2. The Morgan fingerprint density at radius 1 is 1.58 bits per heavy atom. The summed E-state index contributed by atoms with van der Waals surface area (Å²) in [6.45, 7) is 4.55. The van der Waals surface area contributed by atoms with Gasteiger partial charge in [0, 0.05) is 6.54 Å². The summed E-state index contributed by atoms with van der Waals surface area (Å²) in [7, 11) is 0. The van der Waals surface area contributed by atoms with Crippen molar-refractivity contribution in [2.45, 2.75) is 19.9 Å². The summed E-state index contributed by atoms with van der Waals surface area (Å²) in [6.07, 6.45) is 1.02. The first-order chi connectivity index (χ1) is 5.84. The molecule has 0 spiro atoms. The molecule has 68 valence electrons. The van der Waals surface area contributed by atoms with Gasteiger partial charge in [-0.15, -0.1) is 5.10 Å². The molecule has 0 aliphatic rings. The third kappa shape index (κ3) is 2.84. The molecule has 0 saturated carbocycles. The fourth-order valence-corrected chi connectivity index (χ4v) is 1.44. The summed E-state index contributed by atoms with van der Waals surface area (Å²) >= 11 is 1.45. The molecule has 1 aromatic heterocycles. The quantitative estimate of drug-likeness (QED) is 0.649. The summed E-state index contributed by atoms with van der Waals surface area (Å²) in [4.78, 5) is 1.21. The molecule has 4 nitrogen and oxygen atoms in total. The molecule has 5 heteroatoms. The molecular weight excluding hydrogens is 172 g/mol. The topological polar surface area (TPSA) is 63.8 Å². The molecule has 1 rings (SSSR count). The number of nitrogens with one attached hydrogen (secondary N) is 1. The number of hydrogen-bond acceptors (Lipinski definition) is 5. The Morgan fingerprint density at radius 2 is 2.42 bits per heavy atom. The number of aryl methyl sites for hydroxylation is 1. The van der Waals surface area contributed by atoms with Gasteiger partial charge in [0.1, 0.15) is 0 Å². The first-order valence-corrected chi connectivity index (χ1v) is 4.80. The lowest BCUT2D eigenvalue weighted by molar-refractivity contribution is 0.658. The summed E-state index contributed by atoms with van der Waals surface area (Å²) in [6, 6.07) is 0. The molecule has 1 heterocycles. The van der Waals surface area contributed by atoms with Gasteiger partial charge in [-0.05, 0) is 38.0 Å². The van der Waals surface area contributed by atoms with Crippen LogP contribution in [0.15, 0.2) is 0 Å². The Kier molecular flexibility index (Phi) is 4.13. The molecule has 0 atom stereocenters. The van der Waals surface area contributed by atoms with Crippen molar-refractivity contribution in [2.75, 3.05) is 13.1 Å². The van der Waals surface area contributed by atoms with Gasteiger partial charge >= 0.3 is 0 Å². The van der Waals surface area contributed by atoms with Crippen molar-refractivity contribution in [3.05, 3.63) is 10.6 Å². The number of hydrogen-bond donors (Lipinski definition) is 2. The number of aromatic nitrogens is 2. The number of rotatable bonds is 5. The molecule has 0 fully saturated rings. The van der Waals surface area contributed by atoms with Crippen LogP contribution in [-0.4, -0.2) is 22.7 Å². The van der Waals surface area contributed by atoms with Crippen LogP contribution in [0.2, 0.25) is 0 Å². The summed E-state index contributed by atoms with van der Waals surface area (Å²) in [5, 5.41) is 7.20. The van der Waals surface area contributed by atoms with Gasteiger partial charge in [-0.2, -0.15) is 0 Å². The van der Waals surface area contributed by atoms with Crippen molar-refractivity contribution in [1.82, 2.24) is 14.9 Å². The molecule has 0 aliphatic heterocycles. The van der Waals surface area contributed by atoms with E-state index in [1.165, 1.54) is 16.4 Å². The monoisotopic (exact) mass is 186 g/mol. The lowest BCUT2D eigenvalue weighted by Crippen LogP contribution is -2.17. The lowest BCUT2D eigenvalue weighted by Gasteiger charge is -2.00. The Balaban J connectivity index is 2.20. The van der Waals surface area contributed by atoms with Crippen molar-refractivity contribution in [3.63, 3.8) is 0 Å². The van der Waals surface area contributed by atoms with Crippen LogP contribution in [0, 0.1) is 6.92 Å². The average Bonchev–Trinajstić information content (AvgIpc) is 2.46. The predicted molar refractivity (Wildman–Crippen MR) is 50.0 cm³/mol. The zero-order chi connectivity index (χ0) is 8.81. The first kappa shape index (κ1) is 9.57. The minimum Gasteiger partial charge on any atom is -0.330 e. The Bertz CT molecular complexity index is 223. The summed E-state index contributed by atoms with van der Waals surface area (Å²) in [5.41, 5.74) is 6.38. The molecule has 3 N–H and O–H groups in total. The Hall–Kier alpha value is -0.520. The van der Waals surface area contributed by atoms with Crippen LogP contribution in [0.5, 0.6) is 0 Å². The average molecular weight is 186 g/mol. The predicted octanol–water partition coefficient (Wildman–Crippen LogP) is 0.285. The van der Waals surface area contributed by atoms with Crippen LogP contribution in [0.25, 0.3) is 0 Å². The minimum atomic E-state index is 0.743. The van der Waals surface area contributed by atoms with Gasteiger partial charge < -0.3 is 11.1 Å². The van der Waals surface area contributed by atoms with Crippen LogP contribution in [0.4, 0.5) is 0 Å². The SMILES string of the molecule is Cc1nnsc1CNCCCN. The maximum atomic E-state index is 5.36. The highest BCUT2D eigenvalue weighted by Gasteiger charge is 2.00. The highest BCUT2D eigenvalue weighted by Crippen LogP contribution is 2.07. The van der Waals surface area contributed by atoms with Gasteiger partial charge in [0.05, 0.1) is 10.6 Å². The Morgan fingerprint density at radius 3 is 3.00 bits per heavy atom. The van der Waals surface area contributed by atoms with Gasteiger partial charge in [0.25, 0.3) is 0 Å². The Labute approximate surface area is 76.3 Å². The molecule has 0 bridgehead atoms. The fourth-order valence-electron chi connectivity index (χ4n) is 0.842. The highest BCUT2D eigenvalue weighted by atomic mass is 32.1. The third-order valence-corrected chi connectivity index (χ3v) is 2.41. The van der Waals surface area contributed by atoms with Gasteiger partial charge in [0.15, 0.2) is 0 Å². The van der Waals surface area contributed by atoms with Crippen LogP contribution in [-0.2, 0) is 6.54 Å². The van der Waals surface area contributed by atoms with Gasteiger partial charge in [0.2, 0.25) is 0 Å². The van der Waals surface area contributed by atoms with E-state index in [0.717, 1.165) is 31.7 Å². The van der Waals surface area contributed by atoms with Gasteiger partial charge in [-0.25, -0.2) is 0 Å². The van der Waals surface area contributed by atoms with E-state index in [-0.39, 0.29) is 0 Å². The molecule has 0 aromatic carbocycles. The standard InChI is InChI=1S/C7H14N4S/c1-6-7(12-11-10-6)5-9-4-2-3-8/h9H,2-5,8H2,1H3. The van der Waals surface area contributed by atoms with Gasteiger partial charge in [-0.3, -0.25) is 0 Å². The smallest absolute Gasteiger partial charge is 0.0769 e. The first-order valence-electron chi connectivity index (χ1n) is 4.03. The maximum absolute atomic E-state index is 5.36. The van der Waals surface area contributed by atoms with Crippen LogP contribution in [0.3, 0.4) is 0 Å². The van der Waals surface area contributed by atoms with E-state index in [4.69, 9.17) is 5.73 Å². The van der Waals surface area contributed by atoms with Crippen molar-refractivity contribution in [3.8, 4) is 0 Å². The van der Waals surface area contributed by atoms with E-state index < -0.39 is 0 Å². The second-order valence-corrected chi connectivity index (χ2v) is 3.44. The van der Waals surface area contributed by atoms with E-state index in [2.05, 4.69) is 14.9 Å². The van der Waals surface area contributed by atoms with Crippen molar-refractivity contribution in [1.29, 1.82) is 0 Å². The molecule has 0 aliphatic carbocycles. The summed E-state index contributed by atoms with van der Waals surface area (Å²) in [5.74, 6) is 0. The molecular formula is C7H14N4S. The largest absolute Gasteiger partial charge is 0.330 e. The van der Waals surface area contributed by atoms with Crippen LogP contribution < -0.4 is 11.1 Å². The van der Waals surface area contributed by atoms with Crippen LogP contribution >= 0.6 is 11.5 Å². The van der Waals surface area contributed by atoms with Crippen LogP contribution in [0.1, 0.15) is 17.0 Å². The molecule has 0 saturated heterocycles. The van der Waals surface area contributed by atoms with E-state index in [0.29, 0.717) is 0 Å². The van der Waals surface area contributed by atoms with E-state index in [1.807, 2.05) is 6.92 Å². The molecule has 12 heavy (non-hydrogen) atoms. The van der Waals surface area contributed by atoms with E-state index in [9.17, 15) is 0 Å². The normalized spacial score (nSPS) is 10.5. The van der Waals surface area contributed by atoms with E-state index in [1.54, 1.807) is 0 Å². The lowest BCUT2D eigenvalue weighted by atomic mass is 10.4. The second kappa shape index (κ2) is 5.18. The summed E-state index contributed by atoms with van der Waals surface area (Å²) < 4.78 is 3.85. The van der Waals surface area contributed by atoms with E-state index >= 15 is 0 Å². The molecule has 0 radical (unpaired) electrons. The van der Waals surface area contributed by atoms with Gasteiger partial charge in [-0.1, -0.05) is 4.49 Å². The molecule has 0 amide bonds. The zero-order valence-electron chi connectivity index (χ0n) is 7.21. The molecule has 0 unspecified atom stereocenters. The zero-order valence-corrected chi connectivity index (χ0v) is 8.02. The van der Waals surface area contributed by atoms with Crippen molar-refractivity contribution >= 4 is 11.5 Å². The number of nitrogens with two attached hydrogens (primary N) is 1.